The maximum atomic E-state index is 12.6. The molecule has 0 bridgehead atoms. The molecule has 1 aliphatic heterocycles. The standard InChI is InChI=1S/C13H23N5O3S2/c1-5-17-6-8-18(9-7-17)23(20,21)12-16-15-11(22-12)14-10(19)13(2,3)4/h5-9H2,1-4H3,(H,14,15,19). The van der Waals surface area contributed by atoms with Crippen molar-refractivity contribution in [3.05, 3.63) is 0 Å². The first kappa shape index (κ1) is 18.2. The SMILES string of the molecule is CCN1CCN(S(=O)(=O)c2nnc(NC(=O)C(C)(C)C)s2)CC1. The molecule has 2 heterocycles. The summed E-state index contributed by atoms with van der Waals surface area (Å²) in [4.78, 5) is 14.1. The number of piperazine rings is 1. The Morgan fingerprint density at radius 2 is 1.83 bits per heavy atom. The van der Waals surface area contributed by atoms with Crippen LogP contribution >= 0.6 is 11.3 Å². The molecule has 1 saturated heterocycles. The predicted molar refractivity (Wildman–Crippen MR) is 88.9 cm³/mol. The number of amides is 1. The fraction of sp³-hybridized carbons (Fsp3) is 0.769. The fourth-order valence-electron chi connectivity index (χ4n) is 2.05. The van der Waals surface area contributed by atoms with Crippen molar-refractivity contribution in [2.75, 3.05) is 38.0 Å². The van der Waals surface area contributed by atoms with Gasteiger partial charge < -0.3 is 10.2 Å². The highest BCUT2D eigenvalue weighted by Crippen LogP contribution is 2.25. The number of nitrogens with one attached hydrogen (secondary N) is 1. The Morgan fingerprint density at radius 3 is 2.35 bits per heavy atom. The molecule has 2 rings (SSSR count). The Bertz CT molecular complexity index is 657. The summed E-state index contributed by atoms with van der Waals surface area (Å²) >= 11 is 0.887. The minimum Gasteiger partial charge on any atom is -0.301 e. The summed E-state index contributed by atoms with van der Waals surface area (Å²) in [5, 5.41) is 10.3. The van der Waals surface area contributed by atoms with Gasteiger partial charge in [-0.2, -0.15) is 4.31 Å². The van der Waals surface area contributed by atoms with Crippen LogP contribution in [-0.4, -0.2) is 66.5 Å². The molecule has 1 aromatic heterocycles. The predicted octanol–water partition coefficient (Wildman–Crippen LogP) is 0.849. The fourth-order valence-corrected chi connectivity index (χ4v) is 4.50. The van der Waals surface area contributed by atoms with Crippen LogP contribution in [0.3, 0.4) is 0 Å². The van der Waals surface area contributed by atoms with E-state index >= 15 is 0 Å². The summed E-state index contributed by atoms with van der Waals surface area (Å²) in [6.07, 6.45) is 0. The number of likely N-dealkylation sites (N-methyl/N-ethyl adjacent to an activating group) is 1. The zero-order chi connectivity index (χ0) is 17.3. The molecule has 0 radical (unpaired) electrons. The molecule has 8 nitrogen and oxygen atoms in total. The van der Waals surface area contributed by atoms with Crippen LogP contribution in [0.4, 0.5) is 5.13 Å². The number of hydrogen-bond acceptors (Lipinski definition) is 7. The molecule has 10 heteroatoms. The molecular weight excluding hydrogens is 338 g/mol. The van der Waals surface area contributed by atoms with Crippen molar-refractivity contribution in [1.29, 1.82) is 0 Å². The zero-order valence-electron chi connectivity index (χ0n) is 13.9. The van der Waals surface area contributed by atoms with Crippen molar-refractivity contribution < 1.29 is 13.2 Å². The van der Waals surface area contributed by atoms with Crippen LogP contribution in [0.1, 0.15) is 27.7 Å². The second-order valence-electron chi connectivity index (χ2n) is 6.42. The van der Waals surface area contributed by atoms with E-state index in [-0.39, 0.29) is 15.4 Å². The summed E-state index contributed by atoms with van der Waals surface area (Å²) < 4.78 is 26.5. The Labute approximate surface area is 140 Å². The van der Waals surface area contributed by atoms with E-state index in [1.54, 1.807) is 20.8 Å². The first-order chi connectivity index (χ1) is 10.6. The number of aromatic nitrogens is 2. The van der Waals surface area contributed by atoms with Crippen LogP contribution in [0.25, 0.3) is 0 Å². The Kier molecular flexibility index (Phi) is 5.39. The van der Waals surface area contributed by atoms with E-state index in [4.69, 9.17) is 0 Å². The lowest BCUT2D eigenvalue weighted by Crippen LogP contribution is -2.48. The van der Waals surface area contributed by atoms with Gasteiger partial charge in [-0.3, -0.25) is 4.79 Å². The van der Waals surface area contributed by atoms with Crippen LogP contribution in [0.5, 0.6) is 0 Å². The van der Waals surface area contributed by atoms with Gasteiger partial charge in [0.1, 0.15) is 0 Å². The van der Waals surface area contributed by atoms with Crippen molar-refractivity contribution in [3.63, 3.8) is 0 Å². The van der Waals surface area contributed by atoms with Crippen LogP contribution in [0.15, 0.2) is 4.34 Å². The third-order valence-corrected chi connectivity index (χ3v) is 6.73. The highest BCUT2D eigenvalue weighted by Gasteiger charge is 2.32. The molecule has 0 aliphatic carbocycles. The van der Waals surface area contributed by atoms with Gasteiger partial charge in [-0.25, -0.2) is 8.42 Å². The molecule has 130 valence electrons. The number of hydrogen-bond donors (Lipinski definition) is 1. The molecule has 1 amide bonds. The maximum Gasteiger partial charge on any atom is 0.272 e. The third kappa shape index (κ3) is 4.25. The topological polar surface area (TPSA) is 95.5 Å². The minimum atomic E-state index is -3.64. The number of carbonyl (C=O) groups is 1. The number of carbonyl (C=O) groups excluding carboxylic acids is 1. The number of sulfonamides is 1. The average molecular weight is 361 g/mol. The number of nitrogens with zero attached hydrogens (tertiary/aromatic N) is 4. The molecule has 0 aromatic carbocycles. The maximum absolute atomic E-state index is 12.6. The van der Waals surface area contributed by atoms with Crippen molar-refractivity contribution >= 4 is 32.4 Å². The van der Waals surface area contributed by atoms with Gasteiger partial charge in [0.25, 0.3) is 10.0 Å². The van der Waals surface area contributed by atoms with Gasteiger partial charge in [0.15, 0.2) is 0 Å². The quantitative estimate of drug-likeness (QED) is 0.799. The smallest absolute Gasteiger partial charge is 0.272 e. The zero-order valence-corrected chi connectivity index (χ0v) is 15.5. The normalized spacial score (nSPS) is 18.1. The Balaban J connectivity index is 2.09. The summed E-state index contributed by atoms with van der Waals surface area (Å²) in [5.74, 6) is -0.228. The van der Waals surface area contributed by atoms with E-state index in [0.29, 0.717) is 26.2 Å². The molecule has 0 atom stereocenters. The van der Waals surface area contributed by atoms with Crippen LogP contribution < -0.4 is 5.32 Å². The Hall–Kier alpha value is -1.10. The van der Waals surface area contributed by atoms with Gasteiger partial charge in [0.05, 0.1) is 0 Å². The van der Waals surface area contributed by atoms with E-state index in [1.807, 2.05) is 0 Å². The molecule has 1 fully saturated rings. The summed E-state index contributed by atoms with van der Waals surface area (Å²) in [5.41, 5.74) is -0.582. The van der Waals surface area contributed by atoms with Crippen molar-refractivity contribution in [3.8, 4) is 0 Å². The number of rotatable bonds is 4. The van der Waals surface area contributed by atoms with Gasteiger partial charge in [0, 0.05) is 31.6 Å². The lowest BCUT2D eigenvalue weighted by atomic mass is 9.96. The molecule has 1 N–H and O–H groups in total. The van der Waals surface area contributed by atoms with E-state index in [1.165, 1.54) is 4.31 Å². The highest BCUT2D eigenvalue weighted by molar-refractivity contribution is 7.91. The van der Waals surface area contributed by atoms with Gasteiger partial charge in [-0.15, -0.1) is 10.2 Å². The Morgan fingerprint density at radius 1 is 1.22 bits per heavy atom. The van der Waals surface area contributed by atoms with E-state index in [0.717, 1.165) is 17.9 Å². The van der Waals surface area contributed by atoms with Gasteiger partial charge in [-0.05, 0) is 6.54 Å². The van der Waals surface area contributed by atoms with Gasteiger partial charge >= 0.3 is 0 Å². The lowest BCUT2D eigenvalue weighted by molar-refractivity contribution is -0.123. The van der Waals surface area contributed by atoms with E-state index in [9.17, 15) is 13.2 Å². The second-order valence-corrected chi connectivity index (χ2v) is 9.50. The highest BCUT2D eigenvalue weighted by atomic mass is 32.2. The van der Waals surface area contributed by atoms with Crippen molar-refractivity contribution in [1.82, 2.24) is 19.4 Å². The lowest BCUT2D eigenvalue weighted by Gasteiger charge is -2.32. The van der Waals surface area contributed by atoms with E-state index < -0.39 is 15.4 Å². The van der Waals surface area contributed by atoms with Crippen LogP contribution in [0.2, 0.25) is 0 Å². The molecule has 1 aliphatic rings. The third-order valence-electron chi connectivity index (χ3n) is 3.65. The average Bonchev–Trinajstić information content (AvgIpc) is 2.95. The summed E-state index contributed by atoms with van der Waals surface area (Å²) in [6, 6.07) is 0. The summed E-state index contributed by atoms with van der Waals surface area (Å²) in [6.45, 7) is 10.6. The molecular formula is C13H23N5O3S2. The first-order valence-electron chi connectivity index (χ1n) is 7.52. The molecule has 1 aromatic rings. The molecule has 0 spiro atoms. The van der Waals surface area contributed by atoms with Crippen molar-refractivity contribution in [2.24, 2.45) is 5.41 Å². The first-order valence-corrected chi connectivity index (χ1v) is 9.77. The second kappa shape index (κ2) is 6.80. The van der Waals surface area contributed by atoms with Gasteiger partial charge in [-0.1, -0.05) is 39.0 Å². The minimum absolute atomic E-state index is 0.0772. The van der Waals surface area contributed by atoms with Crippen LogP contribution in [-0.2, 0) is 14.8 Å². The van der Waals surface area contributed by atoms with E-state index in [2.05, 4.69) is 27.3 Å². The molecule has 0 unspecified atom stereocenters. The van der Waals surface area contributed by atoms with Crippen molar-refractivity contribution in [2.45, 2.75) is 32.0 Å². The summed E-state index contributed by atoms with van der Waals surface area (Å²) in [7, 11) is -3.64. The number of anilines is 1. The largest absolute Gasteiger partial charge is 0.301 e. The van der Waals surface area contributed by atoms with Crippen LogP contribution in [0, 0.1) is 5.41 Å². The monoisotopic (exact) mass is 361 g/mol. The van der Waals surface area contributed by atoms with Gasteiger partial charge in [0.2, 0.25) is 15.4 Å². The molecule has 0 saturated carbocycles. The molecule has 23 heavy (non-hydrogen) atoms.